The van der Waals surface area contributed by atoms with Gasteiger partial charge >= 0.3 is 12.2 Å². The van der Waals surface area contributed by atoms with E-state index in [1.165, 1.54) is 15.9 Å². The molecule has 0 radical (unpaired) electrons. The van der Waals surface area contributed by atoms with Crippen molar-refractivity contribution in [3.05, 3.63) is 40.4 Å². The molecule has 3 heterocycles. The molecule has 0 spiro atoms. The van der Waals surface area contributed by atoms with Gasteiger partial charge in [0.1, 0.15) is 29.4 Å². The number of fused-ring (bicyclic) bond motifs is 3. The van der Waals surface area contributed by atoms with Crippen LogP contribution in [0.25, 0.3) is 21.3 Å². The van der Waals surface area contributed by atoms with Crippen LogP contribution in [0.15, 0.2) is 18.2 Å². The number of benzene rings is 2. The Bertz CT molecular complexity index is 1630. The van der Waals surface area contributed by atoms with Crippen LogP contribution in [0.5, 0.6) is 5.75 Å². The van der Waals surface area contributed by atoms with Crippen molar-refractivity contribution in [1.29, 1.82) is 0 Å². The maximum Gasteiger partial charge on any atom is 0.413 e. The Morgan fingerprint density at radius 2 is 1.77 bits per heavy atom. The molecule has 1 fully saturated rings. The van der Waals surface area contributed by atoms with E-state index in [9.17, 15) is 18.8 Å². The number of anilines is 1. The van der Waals surface area contributed by atoms with Crippen LogP contribution >= 0.6 is 22.9 Å². The highest BCUT2D eigenvalue weighted by Crippen LogP contribution is 2.45. The first-order chi connectivity index (χ1) is 20.0. The van der Waals surface area contributed by atoms with Crippen LogP contribution in [-0.4, -0.2) is 76.4 Å². The second kappa shape index (κ2) is 11.1. The Kier molecular flexibility index (Phi) is 7.93. The Labute approximate surface area is 255 Å². The number of rotatable bonds is 2. The lowest BCUT2D eigenvalue weighted by Gasteiger charge is -2.40. The molecule has 2 aromatic carbocycles. The molecule has 3 aromatic rings. The number of amides is 3. The molecule has 1 atom stereocenters. The topological polar surface area (TPSA) is 110 Å². The monoisotopic (exact) mass is 636 g/mol. The molecule has 0 saturated carbocycles. The smallest absolute Gasteiger partial charge is 0.413 e. The summed E-state index contributed by atoms with van der Waals surface area (Å²) in [5, 5.41) is 2.34. The number of halogens is 3. The number of hydrogen-bond acceptors (Lipinski definition) is 8. The first kappa shape index (κ1) is 30.7. The van der Waals surface area contributed by atoms with Gasteiger partial charge in [-0.05, 0) is 59.7 Å². The summed E-state index contributed by atoms with van der Waals surface area (Å²) in [6, 6.07) is 2.99. The van der Waals surface area contributed by atoms with E-state index >= 15 is 4.39 Å². The summed E-state index contributed by atoms with van der Waals surface area (Å²) >= 11 is 7.58. The van der Waals surface area contributed by atoms with Gasteiger partial charge in [0.05, 0.1) is 26.8 Å². The van der Waals surface area contributed by atoms with E-state index in [1.54, 1.807) is 41.5 Å². The van der Waals surface area contributed by atoms with Gasteiger partial charge in [-0.15, -0.1) is 0 Å². The van der Waals surface area contributed by atoms with Crippen LogP contribution in [0.4, 0.5) is 23.5 Å². The van der Waals surface area contributed by atoms with Gasteiger partial charge in [-0.25, -0.2) is 23.4 Å². The number of piperazine rings is 1. The van der Waals surface area contributed by atoms with Crippen LogP contribution in [-0.2, 0) is 9.47 Å². The molecule has 5 rings (SSSR count). The summed E-state index contributed by atoms with van der Waals surface area (Å²) in [5.41, 5.74) is -1.45. The lowest BCUT2D eigenvalue weighted by Crippen LogP contribution is -2.58. The standard InChI is InChI=1S/C29H31ClF2N4O6S/c1-28(2,3)41-26(38)34-25-33-21-15(7-8-17(31)23(21)43-25)19-18(32)11-16-22(20(19)30)40-13-14-12-35(9-10-36(14)24(16)37)27(39)42-29(4,5)6/h7-8,11,14H,9-10,12-13H2,1-6H3,(H,33,34,38)/t14-/m1/s1. The van der Waals surface area contributed by atoms with Crippen molar-refractivity contribution >= 4 is 56.4 Å². The lowest BCUT2D eigenvalue weighted by atomic mass is 10.00. The zero-order chi connectivity index (χ0) is 31.4. The van der Waals surface area contributed by atoms with Crippen molar-refractivity contribution in [3.63, 3.8) is 0 Å². The zero-order valence-corrected chi connectivity index (χ0v) is 26.0. The average Bonchev–Trinajstić information content (AvgIpc) is 3.25. The van der Waals surface area contributed by atoms with Gasteiger partial charge in [0.2, 0.25) is 0 Å². The second-order valence-electron chi connectivity index (χ2n) is 12.2. The number of carbonyl (C=O) groups excluding carboxylic acids is 3. The van der Waals surface area contributed by atoms with Gasteiger partial charge in [-0.3, -0.25) is 10.1 Å². The summed E-state index contributed by atoms with van der Waals surface area (Å²) < 4.78 is 47.4. The highest BCUT2D eigenvalue weighted by molar-refractivity contribution is 7.22. The van der Waals surface area contributed by atoms with Gasteiger partial charge in [0, 0.05) is 30.8 Å². The molecule has 0 unspecified atom stereocenters. The molecule has 0 aliphatic carbocycles. The molecule has 10 nitrogen and oxygen atoms in total. The zero-order valence-electron chi connectivity index (χ0n) is 24.5. The molecule has 2 aliphatic rings. The van der Waals surface area contributed by atoms with E-state index in [0.717, 1.165) is 23.5 Å². The van der Waals surface area contributed by atoms with E-state index in [4.69, 9.17) is 25.8 Å². The molecule has 230 valence electrons. The fourth-order valence-corrected chi connectivity index (χ4v) is 6.09. The molecule has 43 heavy (non-hydrogen) atoms. The second-order valence-corrected chi connectivity index (χ2v) is 13.6. The van der Waals surface area contributed by atoms with Crippen LogP contribution < -0.4 is 10.1 Å². The normalized spacial score (nSPS) is 17.1. The minimum Gasteiger partial charge on any atom is -0.489 e. The quantitative estimate of drug-likeness (QED) is 0.333. The highest BCUT2D eigenvalue weighted by Gasteiger charge is 2.39. The number of nitrogens with zero attached hydrogens (tertiary/aromatic N) is 3. The fourth-order valence-electron chi connectivity index (χ4n) is 4.86. The average molecular weight is 637 g/mol. The third-order valence-corrected chi connectivity index (χ3v) is 7.93. The first-order valence-corrected chi connectivity index (χ1v) is 14.7. The van der Waals surface area contributed by atoms with Crippen molar-refractivity contribution in [1.82, 2.24) is 14.8 Å². The summed E-state index contributed by atoms with van der Waals surface area (Å²) in [6.45, 7) is 11.0. The fraction of sp³-hybridized carbons (Fsp3) is 0.448. The minimum absolute atomic E-state index is 0.0116. The summed E-state index contributed by atoms with van der Waals surface area (Å²) in [6.07, 6.45) is -1.28. The molecular weight excluding hydrogens is 606 g/mol. The number of aromatic nitrogens is 1. The van der Waals surface area contributed by atoms with Crippen LogP contribution in [0.1, 0.15) is 51.9 Å². The Hall–Kier alpha value is -3.71. The first-order valence-electron chi connectivity index (χ1n) is 13.6. The largest absolute Gasteiger partial charge is 0.489 e. The molecule has 1 saturated heterocycles. The number of ether oxygens (including phenoxy) is 3. The number of carbonyl (C=O) groups is 3. The third kappa shape index (κ3) is 6.32. The highest BCUT2D eigenvalue weighted by atomic mass is 35.5. The number of hydrogen-bond donors (Lipinski definition) is 1. The third-order valence-electron chi connectivity index (χ3n) is 6.59. The van der Waals surface area contributed by atoms with E-state index in [1.807, 2.05) is 0 Å². The van der Waals surface area contributed by atoms with Crippen LogP contribution in [0.3, 0.4) is 0 Å². The molecule has 0 bridgehead atoms. The van der Waals surface area contributed by atoms with Gasteiger partial charge in [-0.2, -0.15) is 0 Å². The van der Waals surface area contributed by atoms with Crippen LogP contribution in [0, 0.1) is 11.6 Å². The van der Waals surface area contributed by atoms with E-state index in [2.05, 4.69) is 10.3 Å². The maximum atomic E-state index is 15.8. The molecule has 1 N–H and O–H groups in total. The molecule has 3 amide bonds. The molecular formula is C29H31ClF2N4O6S. The minimum atomic E-state index is -0.839. The maximum absolute atomic E-state index is 15.8. The Morgan fingerprint density at radius 3 is 2.44 bits per heavy atom. The SMILES string of the molecule is CC(C)(C)OC(=O)Nc1nc2c(-c3c(F)cc4c(c3Cl)OC[C@H]3CN(C(=O)OC(C)(C)C)CCN3C4=O)ccc(F)c2s1. The summed E-state index contributed by atoms with van der Waals surface area (Å²) in [4.78, 5) is 45.9. The van der Waals surface area contributed by atoms with Gasteiger partial charge < -0.3 is 24.0 Å². The van der Waals surface area contributed by atoms with Crippen molar-refractivity contribution in [2.45, 2.75) is 58.8 Å². The van der Waals surface area contributed by atoms with E-state index in [-0.39, 0.29) is 69.1 Å². The van der Waals surface area contributed by atoms with Crippen LogP contribution in [0.2, 0.25) is 5.02 Å². The van der Waals surface area contributed by atoms with Crippen molar-refractivity contribution in [2.75, 3.05) is 31.6 Å². The number of thiazole rings is 1. The lowest BCUT2D eigenvalue weighted by molar-refractivity contribution is 0.000946. The molecule has 14 heteroatoms. The Morgan fingerprint density at radius 1 is 1.07 bits per heavy atom. The molecule has 2 aliphatic heterocycles. The van der Waals surface area contributed by atoms with Gasteiger partial charge in [0.15, 0.2) is 10.9 Å². The van der Waals surface area contributed by atoms with Crippen molar-refractivity contribution in [2.24, 2.45) is 0 Å². The molecule has 1 aromatic heterocycles. The number of nitrogens with one attached hydrogen (secondary N) is 1. The predicted molar refractivity (Wildman–Crippen MR) is 158 cm³/mol. The van der Waals surface area contributed by atoms with Gasteiger partial charge in [-0.1, -0.05) is 22.9 Å². The van der Waals surface area contributed by atoms with Gasteiger partial charge in [0.25, 0.3) is 5.91 Å². The summed E-state index contributed by atoms with van der Waals surface area (Å²) in [7, 11) is 0. The summed E-state index contributed by atoms with van der Waals surface area (Å²) in [5.74, 6) is -1.98. The van der Waals surface area contributed by atoms with Crippen molar-refractivity contribution in [3.8, 4) is 16.9 Å². The Balaban J connectivity index is 1.48. The van der Waals surface area contributed by atoms with E-state index < -0.39 is 47.0 Å². The van der Waals surface area contributed by atoms with Crippen molar-refractivity contribution < 1.29 is 37.4 Å². The predicted octanol–water partition coefficient (Wildman–Crippen LogP) is 6.70. The van der Waals surface area contributed by atoms with E-state index in [0.29, 0.717) is 0 Å².